The minimum atomic E-state index is -3.72. The summed E-state index contributed by atoms with van der Waals surface area (Å²) in [5.41, 5.74) is 3.21. The molecule has 0 N–H and O–H groups in total. The Kier molecular flexibility index (Phi) is 3.83. The van der Waals surface area contributed by atoms with Crippen LogP contribution < -0.4 is 0 Å². The molecular weight excluding hydrogens is 284 g/mol. The molecule has 1 aliphatic rings. The average Bonchev–Trinajstić information content (AvgIpc) is 2.48. The number of aryl methyl sites for hydroxylation is 2. The molecule has 0 aromatic heterocycles. The molecule has 3 nitrogen and oxygen atoms in total. The maximum atomic E-state index is 12.4. The highest BCUT2D eigenvalue weighted by atomic mass is 32.2. The Morgan fingerprint density at radius 2 is 1.76 bits per heavy atom. The van der Waals surface area contributed by atoms with Gasteiger partial charge in [0.25, 0.3) is 10.1 Å². The first-order valence-electron chi connectivity index (χ1n) is 7.14. The van der Waals surface area contributed by atoms with Crippen molar-refractivity contribution in [3.05, 3.63) is 65.2 Å². The smallest absolute Gasteiger partial charge is 0.258 e. The minimum absolute atomic E-state index is 0.219. The Labute approximate surface area is 125 Å². The maximum absolute atomic E-state index is 12.4. The van der Waals surface area contributed by atoms with Crippen LogP contribution in [0.25, 0.3) is 0 Å². The van der Waals surface area contributed by atoms with Crippen molar-refractivity contribution in [3.8, 4) is 0 Å². The summed E-state index contributed by atoms with van der Waals surface area (Å²) in [4.78, 5) is 0.219. The van der Waals surface area contributed by atoms with Gasteiger partial charge in [-0.05, 0) is 49.4 Å². The van der Waals surface area contributed by atoms with E-state index in [0.717, 1.165) is 30.4 Å². The van der Waals surface area contributed by atoms with Gasteiger partial charge in [0.2, 0.25) is 0 Å². The second kappa shape index (κ2) is 5.62. The number of rotatable bonds is 3. The van der Waals surface area contributed by atoms with Crippen molar-refractivity contribution in [2.45, 2.75) is 37.2 Å². The lowest BCUT2D eigenvalue weighted by Crippen LogP contribution is -2.17. The van der Waals surface area contributed by atoms with Gasteiger partial charge < -0.3 is 0 Å². The molecular formula is C17H18O3S. The summed E-state index contributed by atoms with van der Waals surface area (Å²) in [5.74, 6) is 0. The van der Waals surface area contributed by atoms with Crippen molar-refractivity contribution in [2.24, 2.45) is 0 Å². The maximum Gasteiger partial charge on any atom is 0.297 e. The van der Waals surface area contributed by atoms with Crippen LogP contribution in [0, 0.1) is 6.92 Å². The molecule has 21 heavy (non-hydrogen) atoms. The molecule has 0 aliphatic heterocycles. The second-order valence-corrected chi connectivity index (χ2v) is 7.02. The summed E-state index contributed by atoms with van der Waals surface area (Å²) >= 11 is 0. The van der Waals surface area contributed by atoms with E-state index < -0.39 is 10.1 Å². The lowest BCUT2D eigenvalue weighted by Gasteiger charge is -2.25. The summed E-state index contributed by atoms with van der Waals surface area (Å²) < 4.78 is 30.3. The van der Waals surface area contributed by atoms with Crippen LogP contribution in [0.2, 0.25) is 0 Å². The van der Waals surface area contributed by atoms with Gasteiger partial charge in [0.1, 0.15) is 6.10 Å². The highest BCUT2D eigenvalue weighted by Gasteiger charge is 2.27. The first kappa shape index (κ1) is 14.3. The van der Waals surface area contributed by atoms with Gasteiger partial charge in [-0.3, -0.25) is 4.18 Å². The summed E-state index contributed by atoms with van der Waals surface area (Å²) in [6.45, 7) is 1.93. The quantitative estimate of drug-likeness (QED) is 0.810. The van der Waals surface area contributed by atoms with Crippen LogP contribution in [0.4, 0.5) is 0 Å². The topological polar surface area (TPSA) is 43.4 Å². The fraction of sp³-hybridized carbons (Fsp3) is 0.294. The molecule has 2 aromatic carbocycles. The summed E-state index contributed by atoms with van der Waals surface area (Å²) in [5, 5.41) is 0. The third kappa shape index (κ3) is 3.01. The first-order valence-corrected chi connectivity index (χ1v) is 8.55. The Hall–Kier alpha value is -1.65. The number of hydrogen-bond acceptors (Lipinski definition) is 3. The first-order chi connectivity index (χ1) is 10.1. The van der Waals surface area contributed by atoms with Gasteiger partial charge in [0, 0.05) is 0 Å². The van der Waals surface area contributed by atoms with E-state index in [2.05, 4.69) is 0 Å². The zero-order valence-electron chi connectivity index (χ0n) is 12.0. The van der Waals surface area contributed by atoms with E-state index in [1.807, 2.05) is 31.2 Å². The van der Waals surface area contributed by atoms with Gasteiger partial charge >= 0.3 is 0 Å². The molecule has 3 rings (SSSR count). The monoisotopic (exact) mass is 302 g/mol. The lowest BCUT2D eigenvalue weighted by molar-refractivity contribution is 0.191. The van der Waals surface area contributed by atoms with Crippen LogP contribution in [-0.4, -0.2) is 8.42 Å². The molecule has 0 amide bonds. The zero-order chi connectivity index (χ0) is 14.9. The number of hydrogen-bond donors (Lipinski definition) is 0. The van der Waals surface area contributed by atoms with Crippen molar-refractivity contribution in [2.75, 3.05) is 0 Å². The van der Waals surface area contributed by atoms with E-state index in [0.29, 0.717) is 0 Å². The van der Waals surface area contributed by atoms with E-state index in [9.17, 15) is 8.42 Å². The van der Waals surface area contributed by atoms with Crippen LogP contribution in [0.3, 0.4) is 0 Å². The van der Waals surface area contributed by atoms with Crippen LogP contribution in [0.15, 0.2) is 53.4 Å². The third-order valence-electron chi connectivity index (χ3n) is 3.87. The Morgan fingerprint density at radius 1 is 1.05 bits per heavy atom. The Morgan fingerprint density at radius 3 is 2.52 bits per heavy atom. The molecule has 0 saturated carbocycles. The molecule has 2 aromatic rings. The predicted octanol–water partition coefficient (Wildman–Crippen LogP) is 3.78. The molecule has 1 aliphatic carbocycles. The molecule has 0 radical (unpaired) electrons. The summed E-state index contributed by atoms with van der Waals surface area (Å²) in [6.07, 6.45) is 2.30. The molecule has 1 unspecified atom stereocenters. The van der Waals surface area contributed by atoms with Gasteiger partial charge in [0.05, 0.1) is 4.90 Å². The molecule has 0 fully saturated rings. The summed E-state index contributed by atoms with van der Waals surface area (Å²) in [6, 6.07) is 14.7. The van der Waals surface area contributed by atoms with Crippen molar-refractivity contribution < 1.29 is 12.6 Å². The molecule has 110 valence electrons. The largest absolute Gasteiger partial charge is 0.297 e. The fourth-order valence-electron chi connectivity index (χ4n) is 2.72. The lowest BCUT2D eigenvalue weighted by atomic mass is 9.90. The van der Waals surface area contributed by atoms with Gasteiger partial charge in [-0.1, -0.05) is 42.0 Å². The van der Waals surface area contributed by atoms with Crippen LogP contribution in [0.5, 0.6) is 0 Å². The predicted molar refractivity (Wildman–Crippen MR) is 81.6 cm³/mol. The SMILES string of the molecule is Cc1ccc(S(=O)(=O)OC2CCCc3ccccc32)cc1. The third-order valence-corrected chi connectivity index (χ3v) is 5.20. The van der Waals surface area contributed by atoms with Crippen molar-refractivity contribution in [1.29, 1.82) is 0 Å². The molecule has 0 bridgehead atoms. The molecule has 0 spiro atoms. The van der Waals surface area contributed by atoms with Crippen LogP contribution in [-0.2, 0) is 20.7 Å². The van der Waals surface area contributed by atoms with E-state index in [1.165, 1.54) is 5.56 Å². The van der Waals surface area contributed by atoms with Crippen LogP contribution >= 0.6 is 0 Å². The number of benzene rings is 2. The normalized spacial score (nSPS) is 18.2. The summed E-state index contributed by atoms with van der Waals surface area (Å²) in [7, 11) is -3.72. The van der Waals surface area contributed by atoms with Gasteiger partial charge in [-0.15, -0.1) is 0 Å². The van der Waals surface area contributed by atoms with Crippen molar-refractivity contribution in [3.63, 3.8) is 0 Å². The standard InChI is InChI=1S/C17H18O3S/c1-13-9-11-15(12-10-13)21(18,19)20-17-8-4-6-14-5-2-3-7-16(14)17/h2-3,5,7,9-12,17H,4,6,8H2,1H3. The van der Waals surface area contributed by atoms with E-state index in [-0.39, 0.29) is 11.0 Å². The molecule has 1 atom stereocenters. The van der Waals surface area contributed by atoms with E-state index in [1.54, 1.807) is 24.3 Å². The average molecular weight is 302 g/mol. The Bertz CT molecular complexity index is 733. The second-order valence-electron chi connectivity index (χ2n) is 5.44. The van der Waals surface area contributed by atoms with Crippen LogP contribution in [0.1, 0.15) is 35.6 Å². The van der Waals surface area contributed by atoms with E-state index in [4.69, 9.17) is 4.18 Å². The minimum Gasteiger partial charge on any atom is -0.258 e. The van der Waals surface area contributed by atoms with Gasteiger partial charge in [0.15, 0.2) is 0 Å². The van der Waals surface area contributed by atoms with E-state index >= 15 is 0 Å². The van der Waals surface area contributed by atoms with Crippen molar-refractivity contribution >= 4 is 10.1 Å². The zero-order valence-corrected chi connectivity index (χ0v) is 12.8. The number of fused-ring (bicyclic) bond motifs is 1. The fourth-order valence-corrected chi connectivity index (χ4v) is 3.81. The highest BCUT2D eigenvalue weighted by Crippen LogP contribution is 2.34. The van der Waals surface area contributed by atoms with Crippen molar-refractivity contribution in [1.82, 2.24) is 0 Å². The van der Waals surface area contributed by atoms with Gasteiger partial charge in [-0.2, -0.15) is 8.42 Å². The molecule has 0 saturated heterocycles. The molecule has 0 heterocycles. The molecule has 4 heteroatoms. The Balaban J connectivity index is 1.88. The van der Waals surface area contributed by atoms with Gasteiger partial charge in [-0.25, -0.2) is 0 Å². The highest BCUT2D eigenvalue weighted by molar-refractivity contribution is 7.86.